The fourth-order valence-corrected chi connectivity index (χ4v) is 2.09. The van der Waals surface area contributed by atoms with Crippen molar-refractivity contribution >= 4 is 21.7 Å². The van der Waals surface area contributed by atoms with Crippen molar-refractivity contribution in [2.45, 2.75) is 13.8 Å². The smallest absolute Gasteiger partial charge is 0.172 e. The molecule has 15 heavy (non-hydrogen) atoms. The molecule has 4 heteroatoms. The maximum Gasteiger partial charge on any atom is 0.172 e. The molecule has 0 unspecified atom stereocenters. The molecular formula is C11H11BrN2O. The summed E-state index contributed by atoms with van der Waals surface area (Å²) in [6, 6.07) is 6.07. The van der Waals surface area contributed by atoms with Crippen LogP contribution < -0.4 is 5.73 Å². The van der Waals surface area contributed by atoms with Crippen LogP contribution in [0.25, 0.3) is 11.3 Å². The Labute approximate surface area is 96.4 Å². The third kappa shape index (κ3) is 1.90. The average molecular weight is 267 g/mol. The van der Waals surface area contributed by atoms with E-state index in [9.17, 15) is 0 Å². The van der Waals surface area contributed by atoms with E-state index in [1.54, 1.807) is 0 Å². The number of hydrogen-bond acceptors (Lipinski definition) is 3. The summed E-state index contributed by atoms with van der Waals surface area (Å²) < 4.78 is 6.22. The number of nitrogen functional groups attached to an aromatic ring is 1. The van der Waals surface area contributed by atoms with Crippen molar-refractivity contribution in [1.29, 1.82) is 0 Å². The molecule has 1 aromatic carbocycles. The molecule has 0 atom stereocenters. The van der Waals surface area contributed by atoms with Gasteiger partial charge in [0, 0.05) is 15.6 Å². The largest absolute Gasteiger partial charge is 0.381 e. The van der Waals surface area contributed by atoms with E-state index in [1.165, 1.54) is 0 Å². The number of nitrogens with zero attached hydrogens (tertiary/aromatic N) is 1. The lowest BCUT2D eigenvalue weighted by Crippen LogP contribution is -1.86. The monoisotopic (exact) mass is 266 g/mol. The number of rotatable bonds is 1. The Balaban J connectivity index is 2.58. The Bertz CT molecular complexity index is 485. The summed E-state index contributed by atoms with van der Waals surface area (Å²) in [7, 11) is 0. The zero-order chi connectivity index (χ0) is 11.0. The van der Waals surface area contributed by atoms with Gasteiger partial charge < -0.3 is 10.3 Å². The maximum absolute atomic E-state index is 5.64. The number of anilines is 1. The first-order chi connectivity index (χ1) is 7.08. The van der Waals surface area contributed by atoms with Crippen molar-refractivity contribution in [1.82, 2.24) is 5.16 Å². The summed E-state index contributed by atoms with van der Waals surface area (Å²) >= 11 is 3.45. The molecule has 78 valence electrons. The molecule has 0 saturated heterocycles. The van der Waals surface area contributed by atoms with Gasteiger partial charge in [0.05, 0.1) is 0 Å². The first-order valence-electron chi connectivity index (χ1n) is 4.57. The molecule has 0 radical (unpaired) electrons. The Morgan fingerprint density at radius 2 is 2.00 bits per heavy atom. The van der Waals surface area contributed by atoms with E-state index in [0.29, 0.717) is 5.82 Å². The minimum Gasteiger partial charge on any atom is -0.381 e. The second-order valence-electron chi connectivity index (χ2n) is 3.54. The Hall–Kier alpha value is -1.29. The lowest BCUT2D eigenvalue weighted by molar-refractivity contribution is 0.435. The Morgan fingerprint density at radius 1 is 1.27 bits per heavy atom. The fraction of sp³-hybridized carbons (Fsp3) is 0.182. The molecule has 0 spiro atoms. The number of aryl methyl sites for hydroxylation is 1. The summed E-state index contributed by atoms with van der Waals surface area (Å²) in [4.78, 5) is 0. The van der Waals surface area contributed by atoms with Crippen molar-refractivity contribution in [3.63, 3.8) is 0 Å². The van der Waals surface area contributed by atoms with Crippen LogP contribution >= 0.6 is 15.9 Å². The van der Waals surface area contributed by atoms with Crippen molar-refractivity contribution < 1.29 is 4.52 Å². The predicted molar refractivity (Wildman–Crippen MR) is 63.5 cm³/mol. The number of halogens is 1. The molecule has 0 bridgehead atoms. The minimum atomic E-state index is 0.447. The zero-order valence-electron chi connectivity index (χ0n) is 8.54. The van der Waals surface area contributed by atoms with Crippen LogP contribution in [0.1, 0.15) is 11.1 Å². The summed E-state index contributed by atoms with van der Waals surface area (Å²) in [5.74, 6) is 1.18. The van der Waals surface area contributed by atoms with Crippen LogP contribution in [0.2, 0.25) is 0 Å². The van der Waals surface area contributed by atoms with Gasteiger partial charge in [0.15, 0.2) is 11.6 Å². The second kappa shape index (κ2) is 3.70. The molecule has 3 nitrogen and oxygen atoms in total. The van der Waals surface area contributed by atoms with Gasteiger partial charge in [-0.3, -0.25) is 0 Å². The first-order valence-corrected chi connectivity index (χ1v) is 5.36. The fourth-order valence-electron chi connectivity index (χ4n) is 1.48. The molecule has 0 aliphatic rings. The van der Waals surface area contributed by atoms with Crippen LogP contribution in [0, 0.1) is 13.8 Å². The molecule has 0 saturated carbocycles. The Morgan fingerprint density at radius 3 is 2.53 bits per heavy atom. The van der Waals surface area contributed by atoms with Gasteiger partial charge in [0.2, 0.25) is 0 Å². The molecule has 0 aliphatic heterocycles. The second-order valence-corrected chi connectivity index (χ2v) is 4.45. The van der Waals surface area contributed by atoms with Crippen molar-refractivity contribution in [2.24, 2.45) is 0 Å². The summed E-state index contributed by atoms with van der Waals surface area (Å²) in [5, 5.41) is 3.74. The molecule has 0 amide bonds. The summed E-state index contributed by atoms with van der Waals surface area (Å²) in [5.41, 5.74) is 8.67. The quantitative estimate of drug-likeness (QED) is 0.862. The first kappa shape index (κ1) is 10.2. The topological polar surface area (TPSA) is 52.0 Å². The van der Waals surface area contributed by atoms with Crippen LogP contribution in [0.3, 0.4) is 0 Å². The van der Waals surface area contributed by atoms with Gasteiger partial charge in [-0.2, -0.15) is 0 Å². The van der Waals surface area contributed by atoms with Gasteiger partial charge in [-0.05, 0) is 37.6 Å². The highest BCUT2D eigenvalue weighted by atomic mass is 79.9. The van der Waals surface area contributed by atoms with Crippen LogP contribution in [-0.2, 0) is 0 Å². The van der Waals surface area contributed by atoms with Gasteiger partial charge in [-0.1, -0.05) is 21.1 Å². The van der Waals surface area contributed by atoms with E-state index < -0.39 is 0 Å². The number of hydrogen-bond donors (Lipinski definition) is 1. The van der Waals surface area contributed by atoms with Gasteiger partial charge in [-0.15, -0.1) is 0 Å². The van der Waals surface area contributed by atoms with E-state index in [0.717, 1.165) is 26.9 Å². The van der Waals surface area contributed by atoms with Crippen LogP contribution in [-0.4, -0.2) is 5.16 Å². The van der Waals surface area contributed by atoms with Crippen LogP contribution in [0.15, 0.2) is 27.2 Å². The van der Waals surface area contributed by atoms with E-state index in [1.807, 2.05) is 32.0 Å². The molecule has 1 aromatic heterocycles. The standard InChI is InChI=1S/C11H11BrN2O/c1-6-3-8(5-9(12)4-6)10-7(2)11(13)14-15-10/h3-5H,1-2H3,(H2,13,14). The van der Waals surface area contributed by atoms with Crippen molar-refractivity contribution in [2.75, 3.05) is 5.73 Å². The average Bonchev–Trinajstić information content (AvgIpc) is 2.46. The maximum atomic E-state index is 5.64. The summed E-state index contributed by atoms with van der Waals surface area (Å²) in [6.07, 6.45) is 0. The molecule has 0 fully saturated rings. The van der Waals surface area contributed by atoms with E-state index in [2.05, 4.69) is 21.1 Å². The van der Waals surface area contributed by atoms with Crippen molar-refractivity contribution in [3.05, 3.63) is 33.8 Å². The molecule has 2 aromatic rings. The normalized spacial score (nSPS) is 10.6. The molecular weight excluding hydrogens is 256 g/mol. The Kier molecular flexibility index (Phi) is 2.52. The highest BCUT2D eigenvalue weighted by molar-refractivity contribution is 9.10. The van der Waals surface area contributed by atoms with Gasteiger partial charge >= 0.3 is 0 Å². The third-order valence-electron chi connectivity index (χ3n) is 2.26. The highest BCUT2D eigenvalue weighted by Gasteiger charge is 2.11. The lowest BCUT2D eigenvalue weighted by atomic mass is 10.1. The molecule has 1 heterocycles. The van der Waals surface area contributed by atoms with E-state index in [-0.39, 0.29) is 0 Å². The highest BCUT2D eigenvalue weighted by Crippen LogP contribution is 2.29. The van der Waals surface area contributed by atoms with Gasteiger partial charge in [0.1, 0.15) is 0 Å². The van der Waals surface area contributed by atoms with E-state index >= 15 is 0 Å². The van der Waals surface area contributed by atoms with Gasteiger partial charge in [-0.25, -0.2) is 0 Å². The SMILES string of the molecule is Cc1cc(Br)cc(-c2onc(N)c2C)c1. The van der Waals surface area contributed by atoms with Crippen LogP contribution in [0.4, 0.5) is 5.82 Å². The minimum absolute atomic E-state index is 0.447. The molecule has 2 N–H and O–H groups in total. The number of aromatic nitrogens is 1. The zero-order valence-corrected chi connectivity index (χ0v) is 10.1. The molecule has 2 rings (SSSR count). The number of benzene rings is 1. The van der Waals surface area contributed by atoms with Crippen molar-refractivity contribution in [3.8, 4) is 11.3 Å². The van der Waals surface area contributed by atoms with Gasteiger partial charge in [0.25, 0.3) is 0 Å². The lowest BCUT2D eigenvalue weighted by Gasteiger charge is -2.01. The predicted octanol–water partition coefficient (Wildman–Crippen LogP) is 3.30. The van der Waals surface area contributed by atoms with Crippen LogP contribution in [0.5, 0.6) is 0 Å². The van der Waals surface area contributed by atoms with E-state index in [4.69, 9.17) is 10.3 Å². The molecule has 0 aliphatic carbocycles. The number of nitrogens with two attached hydrogens (primary N) is 1. The third-order valence-corrected chi connectivity index (χ3v) is 2.72. The summed E-state index contributed by atoms with van der Waals surface area (Å²) in [6.45, 7) is 3.93.